The lowest BCUT2D eigenvalue weighted by molar-refractivity contribution is 0.0986. The van der Waals surface area contributed by atoms with Crippen molar-refractivity contribution in [3.63, 3.8) is 0 Å². The number of ether oxygens (including phenoxy) is 1. The number of aromatic nitrogens is 3. The Kier molecular flexibility index (Phi) is 4.75. The van der Waals surface area contributed by atoms with Gasteiger partial charge < -0.3 is 15.4 Å². The van der Waals surface area contributed by atoms with Crippen molar-refractivity contribution >= 4 is 22.5 Å². The molecular weight excluding hydrogens is 366 g/mol. The highest BCUT2D eigenvalue weighted by Crippen LogP contribution is 2.36. The zero-order valence-corrected chi connectivity index (χ0v) is 16.4. The molecule has 2 fully saturated rings. The van der Waals surface area contributed by atoms with Crippen molar-refractivity contribution < 1.29 is 4.74 Å². The average Bonchev–Trinajstić information content (AvgIpc) is 3.28. The van der Waals surface area contributed by atoms with Crippen LogP contribution in [0.3, 0.4) is 0 Å². The zero-order chi connectivity index (χ0) is 19.8. The minimum atomic E-state index is 0.127. The maximum absolute atomic E-state index is 6.26. The monoisotopic (exact) mass is 391 g/mol. The van der Waals surface area contributed by atoms with E-state index in [4.69, 9.17) is 20.4 Å². The van der Waals surface area contributed by atoms with Crippen molar-refractivity contribution in [1.82, 2.24) is 25.8 Å². The zero-order valence-electron chi connectivity index (χ0n) is 16.4. The summed E-state index contributed by atoms with van der Waals surface area (Å²) >= 11 is 0. The van der Waals surface area contributed by atoms with E-state index in [2.05, 4.69) is 33.7 Å². The Morgan fingerprint density at radius 3 is 2.93 bits per heavy atom. The molecule has 8 nitrogen and oxygen atoms in total. The molecule has 3 aromatic rings. The molecule has 0 aromatic carbocycles. The van der Waals surface area contributed by atoms with Crippen LogP contribution in [0.2, 0.25) is 0 Å². The fourth-order valence-electron chi connectivity index (χ4n) is 4.19. The van der Waals surface area contributed by atoms with Crippen molar-refractivity contribution in [2.45, 2.75) is 25.4 Å². The molecule has 3 aromatic heterocycles. The highest BCUT2D eigenvalue weighted by atomic mass is 16.5. The summed E-state index contributed by atoms with van der Waals surface area (Å²) in [7, 11) is 0. The lowest BCUT2D eigenvalue weighted by Gasteiger charge is -2.34. The van der Waals surface area contributed by atoms with E-state index in [-0.39, 0.29) is 12.1 Å². The predicted octanol–water partition coefficient (Wildman–Crippen LogP) is 2.04. The molecule has 1 unspecified atom stereocenters. The normalized spacial score (nSPS) is 22.3. The van der Waals surface area contributed by atoms with Crippen LogP contribution in [-0.2, 0) is 4.74 Å². The van der Waals surface area contributed by atoms with Gasteiger partial charge in [-0.05, 0) is 43.2 Å². The number of nitrogens with two attached hydrogens (primary N) is 1. The minimum absolute atomic E-state index is 0.127. The van der Waals surface area contributed by atoms with Gasteiger partial charge in [-0.25, -0.2) is 15.4 Å². The lowest BCUT2D eigenvalue weighted by Crippen LogP contribution is -2.44. The first-order chi connectivity index (χ1) is 14.2. The molecule has 2 aliphatic heterocycles. The van der Waals surface area contributed by atoms with Crippen LogP contribution in [0.4, 0.5) is 11.6 Å². The number of pyridine rings is 3. The van der Waals surface area contributed by atoms with E-state index in [1.807, 2.05) is 24.4 Å². The molecule has 0 spiro atoms. The van der Waals surface area contributed by atoms with Crippen LogP contribution < -0.4 is 21.5 Å². The first-order valence-corrected chi connectivity index (χ1v) is 10.1. The lowest BCUT2D eigenvalue weighted by atomic mass is 9.99. The Balaban J connectivity index is 1.75. The second-order valence-electron chi connectivity index (χ2n) is 7.59. The van der Waals surface area contributed by atoms with Gasteiger partial charge in [0.05, 0.1) is 36.5 Å². The van der Waals surface area contributed by atoms with Crippen LogP contribution >= 0.6 is 0 Å². The van der Waals surface area contributed by atoms with Crippen molar-refractivity contribution in [2.24, 2.45) is 0 Å². The standard InChI is InChI=1S/C21H25N7O/c1-13-12-29-10-9-28(13)18-11-16(15-3-2-6-24-21(15)22)14-4-7-23-20(19(14)26-18)17-5-8-25-27-17/h2-4,6-7,11,13,17,25,27H,5,8-10,12H2,1H3,(H2,22,24)/t13-,17?/m1/s1. The number of hydrazine groups is 1. The molecule has 0 aliphatic carbocycles. The topological polar surface area (TPSA) is 101 Å². The summed E-state index contributed by atoms with van der Waals surface area (Å²) in [6.45, 7) is 5.27. The van der Waals surface area contributed by atoms with Gasteiger partial charge in [-0.15, -0.1) is 0 Å². The Morgan fingerprint density at radius 2 is 2.14 bits per heavy atom. The largest absolute Gasteiger partial charge is 0.383 e. The molecule has 2 saturated heterocycles. The number of nitrogen functional groups attached to an aromatic ring is 1. The van der Waals surface area contributed by atoms with Gasteiger partial charge in [-0.1, -0.05) is 0 Å². The van der Waals surface area contributed by atoms with Crippen LogP contribution in [0.5, 0.6) is 0 Å². The summed E-state index contributed by atoms with van der Waals surface area (Å²) in [5.74, 6) is 1.44. The SMILES string of the molecule is C[C@@H]1COCCN1c1cc(-c2cccnc2N)c2ccnc(C3CCNN3)c2n1. The van der Waals surface area contributed by atoms with Gasteiger partial charge in [-0.2, -0.15) is 0 Å². The van der Waals surface area contributed by atoms with Crippen molar-refractivity contribution in [3.05, 3.63) is 42.4 Å². The third kappa shape index (κ3) is 3.29. The highest BCUT2D eigenvalue weighted by Gasteiger charge is 2.25. The van der Waals surface area contributed by atoms with Crippen molar-refractivity contribution in [1.29, 1.82) is 0 Å². The van der Waals surface area contributed by atoms with Gasteiger partial charge in [0.1, 0.15) is 11.6 Å². The van der Waals surface area contributed by atoms with E-state index in [9.17, 15) is 0 Å². The first kappa shape index (κ1) is 18.2. The maximum Gasteiger partial charge on any atom is 0.131 e. The highest BCUT2D eigenvalue weighted by molar-refractivity contribution is 5.99. The van der Waals surface area contributed by atoms with Crippen LogP contribution in [0.15, 0.2) is 36.7 Å². The smallest absolute Gasteiger partial charge is 0.131 e. The number of hydrogen-bond acceptors (Lipinski definition) is 8. The fourth-order valence-corrected chi connectivity index (χ4v) is 4.19. The summed E-state index contributed by atoms with van der Waals surface area (Å²) in [5, 5.41) is 1.04. The number of hydrogen-bond donors (Lipinski definition) is 3. The number of fused-ring (bicyclic) bond motifs is 1. The summed E-state index contributed by atoms with van der Waals surface area (Å²) in [6.07, 6.45) is 4.54. The van der Waals surface area contributed by atoms with Crippen molar-refractivity contribution in [3.8, 4) is 11.1 Å². The second-order valence-corrected chi connectivity index (χ2v) is 7.59. The van der Waals surface area contributed by atoms with E-state index in [0.717, 1.165) is 53.1 Å². The summed E-state index contributed by atoms with van der Waals surface area (Å²) in [4.78, 5) is 16.4. The van der Waals surface area contributed by atoms with E-state index < -0.39 is 0 Å². The third-order valence-corrected chi connectivity index (χ3v) is 5.70. The molecule has 8 heteroatoms. The van der Waals surface area contributed by atoms with Crippen LogP contribution in [0.25, 0.3) is 22.0 Å². The average molecular weight is 391 g/mol. The van der Waals surface area contributed by atoms with E-state index in [1.54, 1.807) is 6.20 Å². The third-order valence-electron chi connectivity index (χ3n) is 5.70. The second kappa shape index (κ2) is 7.55. The summed E-state index contributed by atoms with van der Waals surface area (Å²) in [5.41, 5.74) is 16.6. The maximum atomic E-state index is 6.26. The Bertz CT molecular complexity index is 1030. The van der Waals surface area contributed by atoms with Gasteiger partial charge in [0, 0.05) is 36.4 Å². The molecule has 29 heavy (non-hydrogen) atoms. The molecule has 2 aliphatic rings. The van der Waals surface area contributed by atoms with Crippen LogP contribution in [0, 0.1) is 0 Å². The molecule has 5 heterocycles. The van der Waals surface area contributed by atoms with E-state index in [0.29, 0.717) is 19.0 Å². The molecule has 0 radical (unpaired) electrons. The quantitative estimate of drug-likeness (QED) is 0.624. The number of nitrogens with zero attached hydrogens (tertiary/aromatic N) is 4. The molecule has 5 rings (SSSR count). The number of morpholine rings is 1. The Hall–Kier alpha value is -2.81. The van der Waals surface area contributed by atoms with E-state index in [1.165, 1.54) is 0 Å². The van der Waals surface area contributed by atoms with Gasteiger partial charge in [-0.3, -0.25) is 10.4 Å². The Morgan fingerprint density at radius 1 is 1.21 bits per heavy atom. The van der Waals surface area contributed by atoms with Crippen molar-refractivity contribution in [2.75, 3.05) is 36.9 Å². The number of anilines is 2. The van der Waals surface area contributed by atoms with Crippen LogP contribution in [-0.4, -0.2) is 47.3 Å². The fraction of sp³-hybridized carbons (Fsp3) is 0.381. The molecule has 0 amide bonds. The predicted molar refractivity (Wildman–Crippen MR) is 113 cm³/mol. The minimum Gasteiger partial charge on any atom is -0.383 e. The van der Waals surface area contributed by atoms with Gasteiger partial charge in [0.2, 0.25) is 0 Å². The number of rotatable bonds is 3. The molecule has 0 saturated carbocycles. The molecule has 4 N–H and O–H groups in total. The summed E-state index contributed by atoms with van der Waals surface area (Å²) < 4.78 is 5.63. The first-order valence-electron chi connectivity index (χ1n) is 10.1. The molecule has 0 bridgehead atoms. The Labute approximate surface area is 169 Å². The van der Waals surface area contributed by atoms with Gasteiger partial charge >= 0.3 is 0 Å². The molecular formula is C21H25N7O. The molecule has 2 atom stereocenters. The van der Waals surface area contributed by atoms with Gasteiger partial charge in [0.25, 0.3) is 0 Å². The van der Waals surface area contributed by atoms with Gasteiger partial charge in [0.15, 0.2) is 0 Å². The molecule has 150 valence electrons. The van der Waals surface area contributed by atoms with E-state index >= 15 is 0 Å². The number of nitrogens with one attached hydrogen (secondary N) is 2. The summed E-state index contributed by atoms with van der Waals surface area (Å²) in [6, 6.07) is 8.45. The van der Waals surface area contributed by atoms with Crippen LogP contribution in [0.1, 0.15) is 25.1 Å².